The molecule has 0 saturated carbocycles. The molecule has 63 heavy (non-hydrogen) atoms. The van der Waals surface area contributed by atoms with E-state index in [1.54, 1.807) is 30.3 Å². The summed E-state index contributed by atoms with van der Waals surface area (Å²) >= 11 is 0. The number of hydrogen-bond acceptors (Lipinski definition) is 8. The second-order valence-electron chi connectivity index (χ2n) is 14.1. The molecule has 1 unspecified atom stereocenters. The second kappa shape index (κ2) is 20.3. The van der Waals surface area contributed by atoms with E-state index >= 15 is 0 Å². The first-order chi connectivity index (χ1) is 30.4. The molecule has 8 heteroatoms. The number of benzene rings is 7. The van der Waals surface area contributed by atoms with Crippen LogP contribution in [0.25, 0.3) is 55.4 Å². The van der Waals surface area contributed by atoms with Gasteiger partial charge in [0.1, 0.15) is 40.6 Å². The van der Waals surface area contributed by atoms with Gasteiger partial charge < -0.3 is 18.0 Å². The summed E-state index contributed by atoms with van der Waals surface area (Å²) in [6.45, 7) is 0. The van der Waals surface area contributed by atoms with Crippen molar-refractivity contribution < 1.29 is 22.8 Å². The van der Waals surface area contributed by atoms with E-state index in [9.17, 15) is 19.2 Å². The van der Waals surface area contributed by atoms with Gasteiger partial charge in [-0.05, 0) is 59.7 Å². The van der Waals surface area contributed by atoms with E-state index in [1.165, 1.54) is 24.7 Å². The van der Waals surface area contributed by atoms with Crippen molar-refractivity contribution in [2.45, 2.75) is 20.0 Å². The zero-order valence-corrected chi connectivity index (χ0v) is 33.3. The van der Waals surface area contributed by atoms with Crippen LogP contribution in [-0.4, -0.2) is 5.78 Å². The number of carbonyl (C=O) groups excluding carboxylic acids is 1. The summed E-state index contributed by atoms with van der Waals surface area (Å²) in [5, 5.41) is 1.87. The van der Waals surface area contributed by atoms with E-state index in [0.29, 0.717) is 62.0 Å². The summed E-state index contributed by atoms with van der Waals surface area (Å²) in [6.07, 6.45) is 3.20. The fourth-order valence-corrected chi connectivity index (χ4v) is 6.90. The fourth-order valence-electron chi connectivity index (χ4n) is 6.90. The number of ether oxygens (including phenoxy) is 1. The minimum Gasteiger partial charge on any atom is -0.484 e. The van der Waals surface area contributed by atoms with Crippen LogP contribution >= 0.6 is 0 Å². The van der Waals surface area contributed by atoms with Gasteiger partial charge in [-0.3, -0.25) is 19.2 Å². The van der Waals surface area contributed by atoms with Crippen molar-refractivity contribution in [3.05, 3.63) is 255 Å². The van der Waals surface area contributed by atoms with Crippen molar-refractivity contribution in [3.63, 3.8) is 0 Å². The monoisotopic (exact) mass is 830 g/mol. The molecular weight excluding hydrogens is 789 g/mol. The number of Topliss-reactive ketones (excluding diaryl/α,β-unsaturated/α-hetero) is 1. The van der Waals surface area contributed by atoms with Crippen molar-refractivity contribution in [2.75, 3.05) is 0 Å². The summed E-state index contributed by atoms with van der Waals surface area (Å²) in [6, 6.07) is 61.2. The molecule has 3 aromatic heterocycles. The van der Waals surface area contributed by atoms with Crippen molar-refractivity contribution in [2.24, 2.45) is 0 Å². The number of para-hydroxylation sites is 4. The second-order valence-corrected chi connectivity index (χ2v) is 14.1. The Bertz CT molecular complexity index is 3280. The molecule has 0 saturated heterocycles. The third-order valence-electron chi connectivity index (χ3n) is 10.0. The zero-order chi connectivity index (χ0) is 42.7. The third-order valence-corrected chi connectivity index (χ3v) is 10.0. The molecule has 0 amide bonds. The molecule has 7 aromatic carbocycles. The Morgan fingerprint density at radius 3 is 1.63 bits per heavy atom. The van der Waals surface area contributed by atoms with Gasteiger partial charge in [-0.2, -0.15) is 0 Å². The number of fused-ring (bicyclic) bond motifs is 4. The maximum absolute atomic E-state index is 12.3. The van der Waals surface area contributed by atoms with Crippen molar-refractivity contribution in [3.8, 4) is 28.2 Å². The molecule has 8 nitrogen and oxygen atoms in total. The number of rotatable bonds is 3. The Morgan fingerprint density at radius 1 is 0.444 bits per heavy atom. The van der Waals surface area contributed by atoms with Gasteiger partial charge in [-0.25, -0.2) is 0 Å². The Labute approximate surface area is 362 Å². The number of hydrogen-bond donors (Lipinski definition) is 0. The lowest BCUT2D eigenvalue weighted by atomic mass is 9.96. The molecule has 0 aliphatic carbocycles. The van der Waals surface area contributed by atoms with Crippen LogP contribution in [0, 0.1) is 0 Å². The molecular formula is C55H42O8. The molecule has 1 aliphatic rings. The first-order valence-electron chi connectivity index (χ1n) is 19.9. The molecule has 0 radical (unpaired) electrons. The van der Waals surface area contributed by atoms with Gasteiger partial charge in [-0.1, -0.05) is 147 Å². The molecule has 4 heterocycles. The predicted molar refractivity (Wildman–Crippen MR) is 250 cm³/mol. The van der Waals surface area contributed by atoms with Crippen LogP contribution in [0.15, 0.2) is 240 Å². The molecule has 310 valence electrons. The maximum Gasteiger partial charge on any atom is 0.200 e. The van der Waals surface area contributed by atoms with E-state index in [4.69, 9.17) is 18.0 Å². The average molecular weight is 831 g/mol. The maximum atomic E-state index is 12.3. The van der Waals surface area contributed by atoms with Crippen LogP contribution in [0.2, 0.25) is 0 Å². The Morgan fingerprint density at radius 2 is 0.968 bits per heavy atom. The standard InChI is InChI=1S/C15H12O2.2C15H10O2.C9H6O2.CH4/c2*16-13-10-15(11-6-2-1-3-7-11)17-14-9-5-4-8-12(13)14;16-15-12-8-4-5-9-14(12)17-10-13(15)11-6-2-1-3-7-11;10-8-5-6-11-9-4-2-1-3-7(8)9;/h1-9,15H,10H2;2*1-10H;1-6H;1H4. The van der Waals surface area contributed by atoms with Gasteiger partial charge in [-0.15, -0.1) is 0 Å². The van der Waals surface area contributed by atoms with Crippen LogP contribution < -0.4 is 21.0 Å². The van der Waals surface area contributed by atoms with Gasteiger partial charge in [0, 0.05) is 17.7 Å². The summed E-state index contributed by atoms with van der Waals surface area (Å²) < 4.78 is 22.2. The van der Waals surface area contributed by atoms with Crippen molar-refractivity contribution >= 4 is 38.7 Å². The lowest BCUT2D eigenvalue weighted by Gasteiger charge is -2.25. The molecule has 0 fully saturated rings. The Kier molecular flexibility index (Phi) is 13.8. The Hall–Kier alpha value is -8.36. The molecule has 10 aromatic rings. The van der Waals surface area contributed by atoms with E-state index in [0.717, 1.165) is 16.7 Å². The highest BCUT2D eigenvalue weighted by molar-refractivity contribution is 6.00. The normalized spacial score (nSPS) is 12.4. The lowest BCUT2D eigenvalue weighted by molar-refractivity contribution is 0.0850. The minimum atomic E-state index is -0.154. The van der Waals surface area contributed by atoms with E-state index in [1.807, 2.05) is 158 Å². The van der Waals surface area contributed by atoms with Crippen LogP contribution in [0.5, 0.6) is 5.75 Å². The predicted octanol–water partition coefficient (Wildman–Crippen LogP) is 12.7. The summed E-state index contributed by atoms with van der Waals surface area (Å²) in [5.41, 5.74) is 6.04. The highest BCUT2D eigenvalue weighted by atomic mass is 16.5. The van der Waals surface area contributed by atoms with E-state index < -0.39 is 0 Å². The highest BCUT2D eigenvalue weighted by Gasteiger charge is 2.26. The van der Waals surface area contributed by atoms with Crippen LogP contribution in [0.1, 0.15) is 35.9 Å². The Balaban J connectivity index is 0.000000127. The molecule has 1 aliphatic heterocycles. The number of ketones is 1. The molecule has 1 atom stereocenters. The molecule has 0 spiro atoms. The smallest absolute Gasteiger partial charge is 0.200 e. The number of carbonyl (C=O) groups is 1. The third kappa shape index (κ3) is 10.2. The van der Waals surface area contributed by atoms with E-state index in [-0.39, 0.29) is 35.6 Å². The van der Waals surface area contributed by atoms with Crippen molar-refractivity contribution in [1.29, 1.82) is 0 Å². The lowest BCUT2D eigenvalue weighted by Crippen LogP contribution is -2.20. The van der Waals surface area contributed by atoms with Gasteiger partial charge in [0.05, 0.1) is 40.0 Å². The van der Waals surface area contributed by atoms with Gasteiger partial charge >= 0.3 is 0 Å². The zero-order valence-electron chi connectivity index (χ0n) is 33.3. The highest BCUT2D eigenvalue weighted by Crippen LogP contribution is 2.34. The largest absolute Gasteiger partial charge is 0.484 e. The fraction of sp³-hybridized carbons (Fsp3) is 0.0545. The topological polar surface area (TPSA) is 117 Å². The first-order valence-corrected chi connectivity index (χ1v) is 19.9. The summed E-state index contributed by atoms with van der Waals surface area (Å²) in [7, 11) is 0. The average Bonchev–Trinajstić information content (AvgIpc) is 3.33. The van der Waals surface area contributed by atoms with Gasteiger partial charge in [0.25, 0.3) is 0 Å². The van der Waals surface area contributed by atoms with Gasteiger partial charge in [0.2, 0.25) is 0 Å². The minimum absolute atomic E-state index is 0. The molecule has 11 rings (SSSR count). The SMILES string of the molecule is C.O=C1CC(c2ccccc2)Oc2ccccc21.O=c1c(-c2ccccc2)coc2ccccc12.O=c1cc(-c2ccccc2)oc2ccccc12.O=c1ccoc2ccccc12. The first kappa shape index (κ1) is 42.8. The van der Waals surface area contributed by atoms with Crippen LogP contribution in [0.3, 0.4) is 0 Å². The van der Waals surface area contributed by atoms with E-state index in [2.05, 4.69) is 0 Å². The van der Waals surface area contributed by atoms with Crippen LogP contribution in [0.4, 0.5) is 0 Å². The molecule has 0 N–H and O–H groups in total. The molecule has 0 bridgehead atoms. The quantitative estimate of drug-likeness (QED) is 0.173. The summed E-state index contributed by atoms with van der Waals surface area (Å²) in [4.78, 5) is 47.3. The van der Waals surface area contributed by atoms with Crippen molar-refractivity contribution in [1.82, 2.24) is 0 Å². The summed E-state index contributed by atoms with van der Waals surface area (Å²) in [5.74, 6) is 1.45. The van der Waals surface area contributed by atoms with Crippen LogP contribution in [-0.2, 0) is 0 Å². The van der Waals surface area contributed by atoms with Gasteiger partial charge in [0.15, 0.2) is 22.1 Å².